The quantitative estimate of drug-likeness (QED) is 0.484. The fourth-order valence-corrected chi connectivity index (χ4v) is 2.96. The Bertz CT molecular complexity index is 734. The van der Waals surface area contributed by atoms with Crippen LogP contribution in [0.5, 0.6) is 0 Å². The highest BCUT2D eigenvalue weighted by molar-refractivity contribution is 5.75. The van der Waals surface area contributed by atoms with Gasteiger partial charge in [0.05, 0.1) is 0 Å². The van der Waals surface area contributed by atoms with E-state index in [-0.39, 0.29) is 0 Å². The summed E-state index contributed by atoms with van der Waals surface area (Å²) in [5.74, 6) is 0. The minimum Gasteiger partial charge on any atom is -0.444 e. The lowest BCUT2D eigenvalue weighted by Crippen LogP contribution is -2.35. The second-order valence-corrected chi connectivity index (χ2v) is 8.19. The number of carbonyl (C=O) groups excluding carboxylic acids is 1. The average molecular weight is 390 g/mol. The van der Waals surface area contributed by atoms with Crippen molar-refractivity contribution in [2.75, 3.05) is 18.4 Å². The lowest BCUT2D eigenvalue weighted by Gasteiger charge is -2.19. The monoisotopic (exact) mass is 389 g/mol. The fourth-order valence-electron chi connectivity index (χ4n) is 2.96. The van der Waals surface area contributed by atoms with Crippen LogP contribution in [0.2, 0.25) is 0 Å². The molecule has 0 radical (unpaired) electrons. The maximum absolute atomic E-state index is 11.6. The zero-order valence-corrected chi connectivity index (χ0v) is 17.8. The molecule has 1 aromatic carbocycles. The summed E-state index contributed by atoms with van der Waals surface area (Å²) in [5, 5.41) is 5.80. The molecule has 1 aromatic heterocycles. The smallest absolute Gasteiger partial charge is 0.407 e. The van der Waals surface area contributed by atoms with Crippen LogP contribution in [0.1, 0.15) is 71.8 Å². The minimum absolute atomic E-state index is 0.425. The molecule has 0 fully saturated rings. The normalized spacial score (nSPS) is 11.6. The maximum atomic E-state index is 11.6. The molecule has 0 bridgehead atoms. The topological polar surface area (TPSA) is 76.4 Å². The number of amides is 1. The molecule has 6 heteroatoms. The van der Waals surface area contributed by atoms with E-state index in [4.69, 9.17) is 9.15 Å². The molecule has 2 aromatic rings. The third-order valence-electron chi connectivity index (χ3n) is 4.34. The summed E-state index contributed by atoms with van der Waals surface area (Å²) < 4.78 is 10.9. The number of alkyl carbamates (subject to hydrolysis) is 1. The van der Waals surface area contributed by atoms with Crippen molar-refractivity contribution in [1.82, 2.24) is 10.3 Å². The Balaban J connectivity index is 1.73. The summed E-state index contributed by atoms with van der Waals surface area (Å²) in [6.07, 6.45) is 8.46. The van der Waals surface area contributed by atoms with Crippen molar-refractivity contribution in [3.63, 3.8) is 0 Å². The van der Waals surface area contributed by atoms with Gasteiger partial charge in [-0.2, -0.15) is 4.98 Å². The van der Waals surface area contributed by atoms with Crippen molar-refractivity contribution in [1.29, 1.82) is 0 Å². The van der Waals surface area contributed by atoms with Crippen LogP contribution in [0, 0.1) is 0 Å². The number of hydrogen-bond donors (Lipinski definition) is 2. The molecule has 2 N–H and O–H groups in total. The van der Waals surface area contributed by atoms with Crippen molar-refractivity contribution in [3.05, 3.63) is 23.8 Å². The minimum atomic E-state index is -0.495. The molecule has 156 valence electrons. The highest BCUT2D eigenvalue weighted by atomic mass is 16.6. The van der Waals surface area contributed by atoms with E-state index in [0.717, 1.165) is 17.5 Å². The first kappa shape index (κ1) is 22.1. The van der Waals surface area contributed by atoms with Crippen LogP contribution >= 0.6 is 0 Å². The number of fused-ring (bicyclic) bond motifs is 1. The summed E-state index contributed by atoms with van der Waals surface area (Å²) in [7, 11) is 0. The van der Waals surface area contributed by atoms with Gasteiger partial charge < -0.3 is 19.8 Å². The molecule has 0 saturated heterocycles. The van der Waals surface area contributed by atoms with E-state index < -0.39 is 11.7 Å². The van der Waals surface area contributed by atoms with Gasteiger partial charge in [-0.1, -0.05) is 45.1 Å². The molecule has 1 amide bonds. The van der Waals surface area contributed by atoms with Gasteiger partial charge in [0.25, 0.3) is 6.01 Å². The van der Waals surface area contributed by atoms with Crippen LogP contribution in [0.3, 0.4) is 0 Å². The van der Waals surface area contributed by atoms with E-state index in [1.165, 1.54) is 44.1 Å². The van der Waals surface area contributed by atoms with Crippen LogP contribution in [-0.2, 0) is 11.2 Å². The SMILES string of the molecule is CCCCCCCCc1ccc2oc(NCCNC(=O)OC(C)(C)C)nc2c1. The first-order valence-corrected chi connectivity index (χ1v) is 10.5. The van der Waals surface area contributed by atoms with Gasteiger partial charge in [0, 0.05) is 13.1 Å². The molecule has 0 aliphatic rings. The Morgan fingerprint density at radius 1 is 1.11 bits per heavy atom. The lowest BCUT2D eigenvalue weighted by molar-refractivity contribution is 0.0530. The van der Waals surface area contributed by atoms with E-state index in [1.54, 1.807) is 0 Å². The first-order valence-electron chi connectivity index (χ1n) is 10.5. The summed E-state index contributed by atoms with van der Waals surface area (Å²) in [4.78, 5) is 16.1. The van der Waals surface area contributed by atoms with Crippen LogP contribution in [0.4, 0.5) is 10.8 Å². The Morgan fingerprint density at radius 3 is 2.61 bits per heavy atom. The second-order valence-electron chi connectivity index (χ2n) is 8.19. The van der Waals surface area contributed by atoms with Gasteiger partial charge in [0.1, 0.15) is 11.1 Å². The van der Waals surface area contributed by atoms with Crippen LogP contribution in [0.25, 0.3) is 11.1 Å². The largest absolute Gasteiger partial charge is 0.444 e. The fraction of sp³-hybridized carbons (Fsp3) is 0.636. The van der Waals surface area contributed by atoms with Gasteiger partial charge >= 0.3 is 6.09 Å². The predicted molar refractivity (Wildman–Crippen MR) is 114 cm³/mol. The van der Waals surface area contributed by atoms with E-state index in [2.05, 4.69) is 34.7 Å². The van der Waals surface area contributed by atoms with Crippen molar-refractivity contribution < 1.29 is 13.9 Å². The summed E-state index contributed by atoms with van der Waals surface area (Å²) in [6.45, 7) is 8.69. The maximum Gasteiger partial charge on any atom is 0.407 e. The van der Waals surface area contributed by atoms with Gasteiger partial charge in [0.15, 0.2) is 5.58 Å². The van der Waals surface area contributed by atoms with E-state index in [0.29, 0.717) is 19.1 Å². The molecule has 6 nitrogen and oxygen atoms in total. The first-order chi connectivity index (χ1) is 13.4. The van der Waals surface area contributed by atoms with Crippen LogP contribution in [-0.4, -0.2) is 29.8 Å². The molecule has 0 aliphatic carbocycles. The number of rotatable bonds is 11. The number of nitrogens with zero attached hydrogens (tertiary/aromatic N) is 1. The third kappa shape index (κ3) is 8.19. The molecule has 0 spiro atoms. The van der Waals surface area contributed by atoms with Crippen LogP contribution < -0.4 is 10.6 Å². The number of nitrogens with one attached hydrogen (secondary N) is 2. The summed E-state index contributed by atoms with van der Waals surface area (Å²) >= 11 is 0. The average Bonchev–Trinajstić information content (AvgIpc) is 3.02. The predicted octanol–water partition coefficient (Wildman–Crippen LogP) is 5.67. The number of ether oxygens (including phenoxy) is 1. The van der Waals surface area contributed by atoms with E-state index in [9.17, 15) is 4.79 Å². The molecule has 0 aliphatic heterocycles. The molecule has 0 saturated carbocycles. The zero-order chi connectivity index (χ0) is 20.4. The summed E-state index contributed by atoms with van der Waals surface area (Å²) in [6, 6.07) is 6.68. The standard InChI is InChI=1S/C22H35N3O3/c1-5-6-7-8-9-10-11-17-12-13-19-18(16-17)25-20(27-19)23-14-15-24-21(26)28-22(2,3)4/h12-13,16H,5-11,14-15H2,1-4H3,(H,23,25)(H,24,26). The Labute approximate surface area is 168 Å². The molecular weight excluding hydrogens is 354 g/mol. The van der Waals surface area contributed by atoms with Crippen molar-refractivity contribution in [3.8, 4) is 0 Å². The van der Waals surface area contributed by atoms with Crippen LogP contribution in [0.15, 0.2) is 22.6 Å². The highest BCUT2D eigenvalue weighted by Gasteiger charge is 2.15. The number of hydrogen-bond acceptors (Lipinski definition) is 5. The zero-order valence-electron chi connectivity index (χ0n) is 17.8. The third-order valence-corrected chi connectivity index (χ3v) is 4.34. The molecule has 0 atom stereocenters. The number of aromatic nitrogens is 1. The Morgan fingerprint density at radius 2 is 1.86 bits per heavy atom. The Hall–Kier alpha value is -2.24. The van der Waals surface area contributed by atoms with Gasteiger partial charge in [-0.25, -0.2) is 4.79 Å². The lowest BCUT2D eigenvalue weighted by atomic mass is 10.0. The van der Waals surface area contributed by atoms with Crippen molar-refractivity contribution in [2.24, 2.45) is 0 Å². The van der Waals surface area contributed by atoms with Gasteiger partial charge in [0.2, 0.25) is 0 Å². The molecular formula is C22H35N3O3. The number of benzene rings is 1. The van der Waals surface area contributed by atoms with E-state index >= 15 is 0 Å². The molecule has 28 heavy (non-hydrogen) atoms. The van der Waals surface area contributed by atoms with Crippen molar-refractivity contribution >= 4 is 23.2 Å². The molecule has 1 heterocycles. The molecule has 2 rings (SSSR count). The Kier molecular flexibility index (Phi) is 8.61. The van der Waals surface area contributed by atoms with Gasteiger partial charge in [-0.3, -0.25) is 0 Å². The summed E-state index contributed by atoms with van der Waals surface area (Å²) in [5.41, 5.74) is 2.44. The van der Waals surface area contributed by atoms with Gasteiger partial charge in [-0.15, -0.1) is 0 Å². The van der Waals surface area contributed by atoms with Gasteiger partial charge in [-0.05, 0) is 51.3 Å². The number of aryl methyl sites for hydroxylation is 1. The number of oxazole rings is 1. The number of carbonyl (C=O) groups is 1. The molecule has 0 unspecified atom stereocenters. The van der Waals surface area contributed by atoms with Crippen molar-refractivity contribution in [2.45, 2.75) is 78.2 Å². The number of unbranched alkanes of at least 4 members (excludes halogenated alkanes) is 5. The number of anilines is 1. The second kappa shape index (κ2) is 10.9. The van der Waals surface area contributed by atoms with E-state index in [1.807, 2.05) is 26.8 Å². The highest BCUT2D eigenvalue weighted by Crippen LogP contribution is 2.21.